The Balaban J connectivity index is 1.51. The first kappa shape index (κ1) is 13.4. The van der Waals surface area contributed by atoms with Crippen molar-refractivity contribution in [3.05, 3.63) is 54.5 Å². The molecule has 5 heteroatoms. The zero-order valence-corrected chi connectivity index (χ0v) is 12.1. The Morgan fingerprint density at radius 1 is 1.10 bits per heavy atom. The van der Waals surface area contributed by atoms with Crippen molar-refractivity contribution in [3.63, 3.8) is 0 Å². The minimum atomic E-state index is 0.872. The van der Waals surface area contributed by atoms with Gasteiger partial charge in [0.05, 0.1) is 5.69 Å². The molecule has 0 fully saturated rings. The first-order chi connectivity index (χ1) is 10.3. The Morgan fingerprint density at radius 2 is 1.90 bits per heavy atom. The third-order valence-electron chi connectivity index (χ3n) is 3.26. The van der Waals surface area contributed by atoms with Gasteiger partial charge >= 0.3 is 0 Å². The fraction of sp³-hybridized carbons (Fsp3) is 0.250. The van der Waals surface area contributed by atoms with Crippen molar-refractivity contribution in [2.45, 2.75) is 13.3 Å². The van der Waals surface area contributed by atoms with Crippen LogP contribution >= 0.6 is 0 Å². The molecular formula is C16H19N5. The molecule has 0 amide bonds. The van der Waals surface area contributed by atoms with E-state index in [0.29, 0.717) is 0 Å². The van der Waals surface area contributed by atoms with Crippen molar-refractivity contribution >= 4 is 17.0 Å². The van der Waals surface area contributed by atoms with Crippen molar-refractivity contribution in [3.8, 4) is 0 Å². The van der Waals surface area contributed by atoms with Crippen LogP contribution in [0.5, 0.6) is 0 Å². The van der Waals surface area contributed by atoms with E-state index in [1.807, 2.05) is 41.9 Å². The lowest BCUT2D eigenvalue weighted by molar-refractivity contribution is 0.892. The molecule has 0 aliphatic carbocycles. The molecule has 2 heterocycles. The first-order valence-corrected chi connectivity index (χ1v) is 7.17. The molecule has 21 heavy (non-hydrogen) atoms. The summed E-state index contributed by atoms with van der Waals surface area (Å²) in [6.45, 7) is 3.79. The molecule has 0 saturated carbocycles. The molecule has 0 spiro atoms. The number of hydrogen-bond acceptors (Lipinski definition) is 4. The SMILES string of the molecule is Cc1cc2c(NCCCNc3ccccc3)nccn2n1. The van der Waals surface area contributed by atoms with Gasteiger partial charge in [-0.05, 0) is 31.5 Å². The van der Waals surface area contributed by atoms with Crippen LogP contribution in [0.1, 0.15) is 12.1 Å². The van der Waals surface area contributed by atoms with E-state index in [2.05, 4.69) is 32.8 Å². The van der Waals surface area contributed by atoms with Crippen molar-refractivity contribution in [2.24, 2.45) is 0 Å². The summed E-state index contributed by atoms with van der Waals surface area (Å²) in [6.07, 6.45) is 4.65. The van der Waals surface area contributed by atoms with E-state index in [9.17, 15) is 0 Å². The Hall–Kier alpha value is -2.56. The van der Waals surface area contributed by atoms with Crippen molar-refractivity contribution in [2.75, 3.05) is 23.7 Å². The largest absolute Gasteiger partial charge is 0.385 e. The van der Waals surface area contributed by atoms with Crippen LogP contribution in [0.3, 0.4) is 0 Å². The van der Waals surface area contributed by atoms with Gasteiger partial charge in [0.2, 0.25) is 0 Å². The number of fused-ring (bicyclic) bond motifs is 1. The van der Waals surface area contributed by atoms with Crippen LogP contribution < -0.4 is 10.6 Å². The zero-order chi connectivity index (χ0) is 14.5. The van der Waals surface area contributed by atoms with Gasteiger partial charge in [-0.1, -0.05) is 18.2 Å². The number of nitrogens with zero attached hydrogens (tertiary/aromatic N) is 3. The van der Waals surface area contributed by atoms with Crippen molar-refractivity contribution in [1.29, 1.82) is 0 Å². The number of aryl methyl sites for hydroxylation is 1. The van der Waals surface area contributed by atoms with Crippen LogP contribution in [0.15, 0.2) is 48.8 Å². The second kappa shape index (κ2) is 6.26. The molecule has 0 radical (unpaired) electrons. The highest BCUT2D eigenvalue weighted by Crippen LogP contribution is 2.14. The number of rotatable bonds is 6. The smallest absolute Gasteiger partial charge is 0.152 e. The molecule has 3 rings (SSSR count). The summed E-state index contributed by atoms with van der Waals surface area (Å²) in [5.74, 6) is 0.887. The molecule has 2 aromatic heterocycles. The average molecular weight is 281 g/mol. The Morgan fingerprint density at radius 3 is 2.76 bits per heavy atom. The molecule has 0 atom stereocenters. The van der Waals surface area contributed by atoms with E-state index in [-0.39, 0.29) is 0 Å². The van der Waals surface area contributed by atoms with Crippen LogP contribution in [0.2, 0.25) is 0 Å². The van der Waals surface area contributed by atoms with Gasteiger partial charge in [0, 0.05) is 31.2 Å². The van der Waals surface area contributed by atoms with Crippen molar-refractivity contribution < 1.29 is 0 Å². The molecule has 0 unspecified atom stereocenters. The van der Waals surface area contributed by atoms with Gasteiger partial charge in [-0.3, -0.25) is 0 Å². The summed E-state index contributed by atoms with van der Waals surface area (Å²) in [6, 6.07) is 12.3. The van der Waals surface area contributed by atoms with Gasteiger partial charge in [0.25, 0.3) is 0 Å². The monoisotopic (exact) mass is 281 g/mol. The highest BCUT2D eigenvalue weighted by Gasteiger charge is 2.04. The fourth-order valence-electron chi connectivity index (χ4n) is 2.26. The predicted octanol–water partition coefficient (Wildman–Crippen LogP) is 2.95. The predicted molar refractivity (Wildman–Crippen MR) is 85.8 cm³/mol. The molecule has 0 aliphatic rings. The minimum absolute atomic E-state index is 0.872. The average Bonchev–Trinajstić information content (AvgIpc) is 2.89. The summed E-state index contributed by atoms with van der Waals surface area (Å²) < 4.78 is 1.85. The van der Waals surface area contributed by atoms with Gasteiger partial charge < -0.3 is 10.6 Å². The first-order valence-electron chi connectivity index (χ1n) is 7.17. The number of anilines is 2. The van der Waals surface area contributed by atoms with Crippen LogP contribution in [0.4, 0.5) is 11.5 Å². The zero-order valence-electron chi connectivity index (χ0n) is 12.1. The standard InChI is InChI=1S/C16H19N5/c1-13-12-15-16(19-10-11-21(15)20-13)18-9-5-8-17-14-6-3-2-4-7-14/h2-4,6-7,10-12,17H,5,8-9H2,1H3,(H,18,19). The molecule has 108 valence electrons. The summed E-state index contributed by atoms with van der Waals surface area (Å²) in [4.78, 5) is 4.38. The van der Waals surface area contributed by atoms with E-state index in [1.54, 1.807) is 6.20 Å². The maximum Gasteiger partial charge on any atom is 0.152 e. The van der Waals surface area contributed by atoms with Crippen LogP contribution in [0, 0.1) is 6.92 Å². The van der Waals surface area contributed by atoms with E-state index in [4.69, 9.17) is 0 Å². The van der Waals surface area contributed by atoms with Gasteiger partial charge in [0.1, 0.15) is 5.52 Å². The molecule has 1 aromatic carbocycles. The third kappa shape index (κ3) is 3.31. The lowest BCUT2D eigenvalue weighted by Crippen LogP contribution is -2.10. The minimum Gasteiger partial charge on any atom is -0.385 e. The molecule has 3 aromatic rings. The van der Waals surface area contributed by atoms with E-state index >= 15 is 0 Å². The van der Waals surface area contributed by atoms with Crippen LogP contribution in [-0.2, 0) is 0 Å². The summed E-state index contributed by atoms with van der Waals surface area (Å²) >= 11 is 0. The van der Waals surface area contributed by atoms with Gasteiger partial charge in [-0.15, -0.1) is 0 Å². The lowest BCUT2D eigenvalue weighted by Gasteiger charge is -2.08. The third-order valence-corrected chi connectivity index (χ3v) is 3.26. The molecular weight excluding hydrogens is 262 g/mol. The second-order valence-corrected chi connectivity index (χ2v) is 4.96. The number of hydrogen-bond donors (Lipinski definition) is 2. The number of benzene rings is 1. The Kier molecular flexibility index (Phi) is 4.00. The van der Waals surface area contributed by atoms with E-state index < -0.39 is 0 Å². The quantitative estimate of drug-likeness (QED) is 0.682. The summed E-state index contributed by atoms with van der Waals surface area (Å²) in [7, 11) is 0. The Bertz CT molecular complexity index is 705. The molecule has 0 aliphatic heterocycles. The fourth-order valence-corrected chi connectivity index (χ4v) is 2.26. The molecule has 2 N–H and O–H groups in total. The number of aromatic nitrogens is 3. The lowest BCUT2D eigenvalue weighted by atomic mass is 10.3. The Labute approximate surface area is 124 Å². The second-order valence-electron chi connectivity index (χ2n) is 4.96. The van der Waals surface area contributed by atoms with Crippen LogP contribution in [-0.4, -0.2) is 27.7 Å². The molecule has 0 saturated heterocycles. The van der Waals surface area contributed by atoms with Crippen molar-refractivity contribution in [1.82, 2.24) is 14.6 Å². The number of para-hydroxylation sites is 1. The molecule has 0 bridgehead atoms. The van der Waals surface area contributed by atoms with Crippen LogP contribution in [0.25, 0.3) is 5.52 Å². The number of nitrogens with one attached hydrogen (secondary N) is 2. The van der Waals surface area contributed by atoms with E-state index in [1.165, 1.54) is 0 Å². The normalized spacial score (nSPS) is 10.7. The maximum absolute atomic E-state index is 4.38. The summed E-state index contributed by atoms with van der Waals surface area (Å²) in [5.41, 5.74) is 3.17. The van der Waals surface area contributed by atoms with E-state index in [0.717, 1.165) is 42.2 Å². The molecule has 5 nitrogen and oxygen atoms in total. The van der Waals surface area contributed by atoms with Gasteiger partial charge in [0.15, 0.2) is 5.82 Å². The summed E-state index contributed by atoms with van der Waals surface area (Å²) in [5, 5.41) is 11.2. The topological polar surface area (TPSA) is 54.2 Å². The highest BCUT2D eigenvalue weighted by molar-refractivity contribution is 5.67. The highest BCUT2D eigenvalue weighted by atomic mass is 15.2. The maximum atomic E-state index is 4.38. The van der Waals surface area contributed by atoms with Gasteiger partial charge in [-0.25, -0.2) is 9.50 Å². The van der Waals surface area contributed by atoms with Gasteiger partial charge in [-0.2, -0.15) is 5.10 Å².